The quantitative estimate of drug-likeness (QED) is 0.160. The van der Waals surface area contributed by atoms with Crippen molar-refractivity contribution in [2.45, 2.75) is 168 Å². The number of hydrogen-bond donors (Lipinski definition) is 0. The fourth-order valence-electron chi connectivity index (χ4n) is 15.2. The van der Waals surface area contributed by atoms with Crippen LogP contribution in [0.3, 0.4) is 0 Å². The molecule has 9 aromatic rings. The molecule has 0 unspecified atom stereocenters. The van der Waals surface area contributed by atoms with E-state index in [1.807, 2.05) is 0 Å². The van der Waals surface area contributed by atoms with E-state index in [-0.39, 0.29) is 44.6 Å². The molecule has 72 heavy (non-hydrogen) atoms. The Morgan fingerprint density at radius 3 is 1.43 bits per heavy atom. The fourth-order valence-corrected chi connectivity index (χ4v) is 15.2. The molecule has 0 atom stereocenters. The zero-order valence-electron chi connectivity index (χ0n) is 46.3. The Balaban J connectivity index is 1.30. The second-order valence-corrected chi connectivity index (χ2v) is 28.6. The lowest BCUT2D eigenvalue weighted by atomic mass is 9.33. The molecule has 0 bridgehead atoms. The van der Waals surface area contributed by atoms with E-state index in [9.17, 15) is 0 Å². The summed E-state index contributed by atoms with van der Waals surface area (Å²) < 4.78 is 2.63. The van der Waals surface area contributed by atoms with Crippen LogP contribution >= 0.6 is 0 Å². The first-order valence-electron chi connectivity index (χ1n) is 27.1. The van der Waals surface area contributed by atoms with Crippen LogP contribution in [0.5, 0.6) is 0 Å². The largest absolute Gasteiger partial charge is 0.311 e. The van der Waals surface area contributed by atoms with Crippen molar-refractivity contribution in [3.05, 3.63) is 154 Å². The molecule has 3 nitrogen and oxygen atoms in total. The van der Waals surface area contributed by atoms with Crippen LogP contribution in [0.25, 0.3) is 38.1 Å². The van der Waals surface area contributed by atoms with E-state index >= 15 is 0 Å². The maximum atomic E-state index is 2.79. The van der Waals surface area contributed by atoms with E-state index in [0.717, 1.165) is 12.8 Å². The molecule has 13 rings (SSSR count). The summed E-state index contributed by atoms with van der Waals surface area (Å²) in [5.74, 6) is 0. The molecular weight excluding hydrogens is 870 g/mol. The Bertz CT molecular complexity index is 3800. The van der Waals surface area contributed by atoms with Gasteiger partial charge in [-0.1, -0.05) is 184 Å². The van der Waals surface area contributed by atoms with Crippen molar-refractivity contribution < 1.29 is 0 Å². The average molecular weight is 944 g/mol. The van der Waals surface area contributed by atoms with Crippen molar-refractivity contribution >= 4 is 95.3 Å². The molecule has 0 radical (unpaired) electrons. The molecule has 364 valence electrons. The van der Waals surface area contributed by atoms with Gasteiger partial charge in [0.25, 0.3) is 6.71 Å². The van der Waals surface area contributed by atoms with Crippen LogP contribution in [0.1, 0.15) is 169 Å². The van der Waals surface area contributed by atoms with Crippen LogP contribution < -0.4 is 26.2 Å². The summed E-state index contributed by atoms with van der Waals surface area (Å²) in [5, 5.41) is 5.30. The van der Waals surface area contributed by atoms with Gasteiger partial charge in [0.1, 0.15) is 0 Å². The van der Waals surface area contributed by atoms with Gasteiger partial charge < -0.3 is 14.2 Å². The van der Waals surface area contributed by atoms with Gasteiger partial charge in [0.15, 0.2) is 0 Å². The molecule has 4 heteroatoms. The summed E-state index contributed by atoms with van der Waals surface area (Å²) in [6, 6.07) is 46.7. The second kappa shape index (κ2) is 14.0. The third kappa shape index (κ3) is 6.10. The first kappa shape index (κ1) is 45.8. The highest BCUT2D eigenvalue weighted by molar-refractivity contribution is 7.01. The monoisotopic (exact) mass is 944 g/mol. The van der Waals surface area contributed by atoms with Gasteiger partial charge in [-0.15, -0.1) is 0 Å². The summed E-state index contributed by atoms with van der Waals surface area (Å²) in [7, 11) is 0. The molecule has 0 amide bonds. The van der Waals surface area contributed by atoms with Gasteiger partial charge in [-0.25, -0.2) is 0 Å². The summed E-state index contributed by atoms with van der Waals surface area (Å²) in [4.78, 5) is 5.54. The number of fused-ring (bicyclic) bond motifs is 14. The number of aromatic nitrogens is 1. The van der Waals surface area contributed by atoms with Crippen LogP contribution in [-0.2, 0) is 37.9 Å². The van der Waals surface area contributed by atoms with Crippen LogP contribution in [0.2, 0.25) is 0 Å². The summed E-state index contributed by atoms with van der Waals surface area (Å²) in [6.07, 6.45) is 2.24. The first-order chi connectivity index (χ1) is 33.6. The molecule has 4 aliphatic rings. The molecular formula is C68H74BN3. The highest BCUT2D eigenvalue weighted by Gasteiger charge is 2.51. The van der Waals surface area contributed by atoms with E-state index < -0.39 is 0 Å². The molecule has 0 N–H and O–H groups in total. The molecule has 0 saturated carbocycles. The maximum Gasteiger partial charge on any atom is 0.252 e. The van der Waals surface area contributed by atoms with Gasteiger partial charge in [0.2, 0.25) is 0 Å². The van der Waals surface area contributed by atoms with Crippen LogP contribution in [0, 0.1) is 0 Å². The Morgan fingerprint density at radius 1 is 0.417 bits per heavy atom. The molecule has 0 fully saturated rings. The van der Waals surface area contributed by atoms with Gasteiger partial charge in [-0.3, -0.25) is 0 Å². The highest BCUT2D eigenvalue weighted by Crippen LogP contribution is 2.58. The van der Waals surface area contributed by atoms with Crippen LogP contribution in [0.4, 0.5) is 34.1 Å². The van der Waals surface area contributed by atoms with E-state index in [1.165, 1.54) is 128 Å². The van der Waals surface area contributed by atoms with E-state index in [2.05, 4.69) is 247 Å². The first-order valence-corrected chi connectivity index (χ1v) is 27.1. The fraction of sp³-hybridized carbons (Fsp3) is 0.382. The molecule has 0 spiro atoms. The predicted molar refractivity (Wildman–Crippen MR) is 313 cm³/mol. The van der Waals surface area contributed by atoms with Crippen LogP contribution in [-0.4, -0.2) is 11.1 Å². The minimum absolute atomic E-state index is 0.0121. The van der Waals surface area contributed by atoms with Gasteiger partial charge in [-0.2, -0.15) is 0 Å². The van der Waals surface area contributed by atoms with Crippen molar-refractivity contribution in [3.63, 3.8) is 0 Å². The number of anilines is 6. The van der Waals surface area contributed by atoms with Crippen LogP contribution in [0.15, 0.2) is 115 Å². The van der Waals surface area contributed by atoms with Crippen molar-refractivity contribution in [3.8, 4) is 0 Å². The lowest BCUT2D eigenvalue weighted by Gasteiger charge is -2.46. The number of rotatable bonds is 2. The Kier molecular flexibility index (Phi) is 8.90. The standard InChI is InChI=1S/C68H74BN3/c1-62(2,3)39-26-29-54-50(33-39)69-51-35-48-49(68(16,17)38-67(48,14)15)36-55(51)70(42-27-28-46-47(34-42)66(12,13)37-65(46,10)11)60-56-44-22-18-20-24-52(44)72-53-25-21-19-23-45(53)57(59(56)72)61(58(60)69)71(54)43-31-40(63(4,5)6)30-41(32-43)64(7,8)9/h18-36H,37-38H2,1-17H3. The molecule has 2 aliphatic heterocycles. The zero-order valence-corrected chi connectivity index (χ0v) is 46.3. The minimum atomic E-state index is -0.0704. The number of nitrogens with zero attached hydrogens (tertiary/aromatic N) is 3. The molecule has 4 heterocycles. The van der Waals surface area contributed by atoms with Gasteiger partial charge >= 0.3 is 0 Å². The predicted octanol–water partition coefficient (Wildman–Crippen LogP) is 16.7. The minimum Gasteiger partial charge on any atom is -0.311 e. The zero-order chi connectivity index (χ0) is 50.9. The highest BCUT2D eigenvalue weighted by atomic mass is 15.2. The molecule has 2 aliphatic carbocycles. The number of benzene rings is 7. The summed E-state index contributed by atoms with van der Waals surface area (Å²) in [6.45, 7) is 41.2. The molecule has 0 saturated heterocycles. The average Bonchev–Trinajstić information content (AvgIpc) is 3.93. The van der Waals surface area contributed by atoms with E-state index in [1.54, 1.807) is 0 Å². The van der Waals surface area contributed by atoms with Gasteiger partial charge in [0, 0.05) is 44.3 Å². The third-order valence-electron chi connectivity index (χ3n) is 18.3. The Morgan fingerprint density at radius 2 is 0.889 bits per heavy atom. The Hall–Kier alpha value is -6.00. The topological polar surface area (TPSA) is 10.9 Å². The van der Waals surface area contributed by atoms with Crippen molar-refractivity contribution in [1.82, 2.24) is 4.40 Å². The molecule has 2 aromatic heterocycles. The third-order valence-corrected chi connectivity index (χ3v) is 18.3. The van der Waals surface area contributed by atoms with Gasteiger partial charge in [0.05, 0.1) is 27.9 Å². The van der Waals surface area contributed by atoms with Gasteiger partial charge in [-0.05, 0) is 155 Å². The number of hydrogen-bond acceptors (Lipinski definition) is 2. The summed E-state index contributed by atoms with van der Waals surface area (Å²) in [5.41, 5.74) is 25.8. The lowest BCUT2D eigenvalue weighted by Crippen LogP contribution is -2.62. The Labute approximate surface area is 430 Å². The SMILES string of the molecule is CC(C)(C)c1cc(N2c3ccc(C(C)(C)C)cc3B3c4cc5c(cc4N(c4ccc6c(c4)C(C)(C)CC6(C)C)c4c3c2c2c3ccccc3n3c6ccccc6c4c23)C(C)(C)CC5(C)C)cc(C(C)(C)C)c1. The van der Waals surface area contributed by atoms with E-state index in [0.29, 0.717) is 0 Å². The molecule has 7 aromatic carbocycles. The second-order valence-electron chi connectivity index (χ2n) is 28.6. The number of para-hydroxylation sites is 2. The maximum absolute atomic E-state index is 2.79. The normalized spacial score (nSPS) is 18.3. The summed E-state index contributed by atoms with van der Waals surface area (Å²) >= 11 is 0. The lowest BCUT2D eigenvalue weighted by molar-refractivity contribution is 0.403. The van der Waals surface area contributed by atoms with Crippen molar-refractivity contribution in [2.75, 3.05) is 9.80 Å². The van der Waals surface area contributed by atoms with Crippen molar-refractivity contribution in [1.29, 1.82) is 0 Å². The van der Waals surface area contributed by atoms with E-state index in [4.69, 9.17) is 0 Å². The smallest absolute Gasteiger partial charge is 0.252 e. The van der Waals surface area contributed by atoms with Crippen molar-refractivity contribution in [2.24, 2.45) is 0 Å².